The molecule has 2 N–H and O–H groups in total. The summed E-state index contributed by atoms with van der Waals surface area (Å²) in [6, 6.07) is -0.871. The van der Waals surface area contributed by atoms with Crippen LogP contribution in [0.15, 0.2) is 12.2 Å². The van der Waals surface area contributed by atoms with Crippen LogP contribution in [0.2, 0.25) is 0 Å². The SMILES string of the molecule is CCCCCCC/C=C/C(O)C(COP(=O)([O-])OCC[N+](C)(C)C)NC(=O)CCCCCC. The molecule has 0 rings (SSSR count). The zero-order valence-corrected chi connectivity index (χ0v) is 22.5. The monoisotopic (exact) mass is 492 g/mol. The Bertz CT molecular complexity index is 580. The third-order valence-electron chi connectivity index (χ3n) is 5.25. The molecule has 9 heteroatoms. The maximum Gasteiger partial charge on any atom is 0.268 e. The van der Waals surface area contributed by atoms with Gasteiger partial charge in [0.1, 0.15) is 13.2 Å². The van der Waals surface area contributed by atoms with Crippen LogP contribution in [0.4, 0.5) is 0 Å². The quantitative estimate of drug-likeness (QED) is 0.109. The number of nitrogens with zero attached hydrogens (tertiary/aromatic N) is 1. The molecule has 0 aromatic heterocycles. The number of unbranched alkanes of at least 4 members (excludes halogenated alkanes) is 8. The number of phosphoric ester groups is 1. The van der Waals surface area contributed by atoms with E-state index in [9.17, 15) is 19.4 Å². The molecule has 0 heterocycles. The number of aliphatic hydroxyl groups excluding tert-OH is 1. The summed E-state index contributed by atoms with van der Waals surface area (Å²) in [5, 5.41) is 13.3. The number of nitrogens with one attached hydrogen (secondary N) is 1. The van der Waals surface area contributed by atoms with Gasteiger partial charge in [0.05, 0.1) is 39.9 Å². The Morgan fingerprint density at radius 1 is 1.03 bits per heavy atom. The van der Waals surface area contributed by atoms with E-state index < -0.39 is 20.0 Å². The van der Waals surface area contributed by atoms with E-state index in [0.717, 1.165) is 44.9 Å². The molecule has 0 aliphatic rings. The molecule has 3 unspecified atom stereocenters. The molecule has 3 atom stereocenters. The van der Waals surface area contributed by atoms with Crippen LogP contribution in [0.25, 0.3) is 0 Å². The van der Waals surface area contributed by atoms with Crippen LogP contribution in [0, 0.1) is 0 Å². The van der Waals surface area contributed by atoms with Gasteiger partial charge in [-0.3, -0.25) is 9.36 Å². The minimum absolute atomic E-state index is 0.000774. The van der Waals surface area contributed by atoms with Crippen molar-refractivity contribution in [3.05, 3.63) is 12.2 Å². The largest absolute Gasteiger partial charge is 0.756 e. The lowest BCUT2D eigenvalue weighted by atomic mass is 10.1. The summed E-state index contributed by atoms with van der Waals surface area (Å²) < 4.78 is 22.6. The number of carbonyl (C=O) groups excluding carboxylic acids is 1. The summed E-state index contributed by atoms with van der Waals surface area (Å²) in [6.45, 7) is 4.39. The van der Waals surface area contributed by atoms with Crippen LogP contribution in [0.3, 0.4) is 0 Å². The third kappa shape index (κ3) is 20.3. The second kappa shape index (κ2) is 18.6. The predicted molar refractivity (Wildman–Crippen MR) is 132 cm³/mol. The molecule has 0 saturated carbocycles. The average Bonchev–Trinajstić information content (AvgIpc) is 2.72. The molecule has 1 amide bonds. The number of rotatable bonds is 21. The van der Waals surface area contributed by atoms with Gasteiger partial charge in [0.2, 0.25) is 5.91 Å². The van der Waals surface area contributed by atoms with E-state index in [1.807, 2.05) is 27.2 Å². The highest BCUT2D eigenvalue weighted by Gasteiger charge is 2.23. The van der Waals surface area contributed by atoms with Crippen molar-refractivity contribution >= 4 is 13.7 Å². The molecule has 0 radical (unpaired) electrons. The van der Waals surface area contributed by atoms with Crippen LogP contribution >= 0.6 is 7.82 Å². The molecule has 0 bridgehead atoms. The van der Waals surface area contributed by atoms with Crippen molar-refractivity contribution < 1.29 is 32.9 Å². The molecular formula is C24H49N2O6P. The first-order chi connectivity index (χ1) is 15.5. The van der Waals surface area contributed by atoms with Crippen LogP contribution < -0.4 is 10.2 Å². The standard InChI is InChI=1S/C24H49N2O6P/c1-6-8-10-12-13-14-15-17-23(27)22(25-24(28)18-16-11-9-7-2)21-32-33(29,30)31-20-19-26(3,4)5/h15,17,22-23,27H,6-14,16,18-21H2,1-5H3,(H-,25,28,29,30)/b17-15+. The summed E-state index contributed by atoms with van der Waals surface area (Å²) in [4.78, 5) is 24.4. The molecule has 33 heavy (non-hydrogen) atoms. The van der Waals surface area contributed by atoms with Gasteiger partial charge in [0.15, 0.2) is 0 Å². The summed E-state index contributed by atoms with van der Waals surface area (Å²) >= 11 is 0. The number of hydrogen-bond donors (Lipinski definition) is 2. The Morgan fingerprint density at radius 2 is 1.64 bits per heavy atom. The highest BCUT2D eigenvalue weighted by Crippen LogP contribution is 2.38. The van der Waals surface area contributed by atoms with Gasteiger partial charge in [-0.2, -0.15) is 0 Å². The summed E-state index contributed by atoms with van der Waals surface area (Å²) in [5.74, 6) is -0.224. The van der Waals surface area contributed by atoms with Crippen molar-refractivity contribution in [3.63, 3.8) is 0 Å². The fourth-order valence-corrected chi connectivity index (χ4v) is 3.81. The second-order valence-electron chi connectivity index (χ2n) is 9.70. The van der Waals surface area contributed by atoms with Crippen molar-refractivity contribution in [3.8, 4) is 0 Å². The maximum absolute atomic E-state index is 12.3. The average molecular weight is 493 g/mol. The Hall–Kier alpha value is -0.760. The molecule has 0 aromatic rings. The van der Waals surface area contributed by atoms with Crippen molar-refractivity contribution in [2.24, 2.45) is 0 Å². The van der Waals surface area contributed by atoms with Gasteiger partial charge in [-0.25, -0.2) is 0 Å². The number of aliphatic hydroxyl groups is 1. The van der Waals surface area contributed by atoms with E-state index >= 15 is 0 Å². The lowest BCUT2D eigenvalue weighted by Gasteiger charge is -2.29. The second-order valence-corrected chi connectivity index (χ2v) is 11.1. The zero-order chi connectivity index (χ0) is 25.2. The minimum Gasteiger partial charge on any atom is -0.756 e. The molecular weight excluding hydrogens is 443 g/mol. The zero-order valence-electron chi connectivity index (χ0n) is 21.6. The van der Waals surface area contributed by atoms with Gasteiger partial charge < -0.3 is 28.8 Å². The summed E-state index contributed by atoms with van der Waals surface area (Å²) in [7, 11) is 1.25. The first-order valence-electron chi connectivity index (χ1n) is 12.6. The van der Waals surface area contributed by atoms with Gasteiger partial charge in [0.25, 0.3) is 7.82 Å². The Labute approximate surface area is 201 Å². The third-order valence-corrected chi connectivity index (χ3v) is 6.21. The Balaban J connectivity index is 4.78. The topological polar surface area (TPSA) is 108 Å². The van der Waals surface area contributed by atoms with Crippen molar-refractivity contribution in [2.75, 3.05) is 40.9 Å². The molecule has 0 spiro atoms. The van der Waals surface area contributed by atoms with Crippen molar-refractivity contribution in [1.82, 2.24) is 5.32 Å². The molecule has 8 nitrogen and oxygen atoms in total. The van der Waals surface area contributed by atoms with Gasteiger partial charge in [0, 0.05) is 6.42 Å². The van der Waals surface area contributed by atoms with E-state index in [0.29, 0.717) is 17.4 Å². The minimum atomic E-state index is -4.54. The van der Waals surface area contributed by atoms with Crippen LogP contribution in [0.5, 0.6) is 0 Å². The van der Waals surface area contributed by atoms with E-state index in [4.69, 9.17) is 9.05 Å². The van der Waals surface area contributed by atoms with Crippen molar-refractivity contribution in [1.29, 1.82) is 0 Å². The molecule has 196 valence electrons. The summed E-state index contributed by atoms with van der Waals surface area (Å²) in [6.07, 6.45) is 13.2. The number of carbonyl (C=O) groups is 1. The first kappa shape index (κ1) is 32.2. The van der Waals surface area contributed by atoms with E-state index in [2.05, 4.69) is 19.2 Å². The Kier molecular flexibility index (Phi) is 18.1. The van der Waals surface area contributed by atoms with Crippen LogP contribution in [0.1, 0.15) is 84.5 Å². The molecule has 0 aromatic carbocycles. The number of phosphoric acid groups is 1. The number of quaternary nitrogens is 1. The van der Waals surface area contributed by atoms with Gasteiger partial charge in [-0.15, -0.1) is 0 Å². The number of amides is 1. The van der Waals surface area contributed by atoms with Gasteiger partial charge in [-0.1, -0.05) is 70.9 Å². The molecule has 0 aliphatic carbocycles. The summed E-state index contributed by atoms with van der Waals surface area (Å²) in [5.41, 5.74) is 0. The van der Waals surface area contributed by atoms with Gasteiger partial charge >= 0.3 is 0 Å². The maximum atomic E-state index is 12.3. The van der Waals surface area contributed by atoms with Gasteiger partial charge in [-0.05, 0) is 19.3 Å². The van der Waals surface area contributed by atoms with E-state index in [1.54, 1.807) is 6.08 Å². The lowest BCUT2D eigenvalue weighted by molar-refractivity contribution is -0.870. The van der Waals surface area contributed by atoms with Crippen LogP contribution in [-0.2, 0) is 18.4 Å². The molecule has 0 fully saturated rings. The fourth-order valence-electron chi connectivity index (χ4n) is 3.09. The van der Waals surface area contributed by atoms with E-state index in [-0.39, 0.29) is 19.1 Å². The Morgan fingerprint density at radius 3 is 2.24 bits per heavy atom. The first-order valence-corrected chi connectivity index (χ1v) is 14.0. The lowest BCUT2D eigenvalue weighted by Crippen LogP contribution is -2.45. The normalized spacial score (nSPS) is 16.0. The number of likely N-dealkylation sites (N-methyl/N-ethyl adjacent to an activating group) is 1. The number of hydrogen-bond acceptors (Lipinski definition) is 6. The molecule has 0 aliphatic heterocycles. The predicted octanol–water partition coefficient (Wildman–Crippen LogP) is 3.93. The van der Waals surface area contributed by atoms with Crippen molar-refractivity contribution in [2.45, 2.75) is 96.6 Å². The fraction of sp³-hybridized carbons (Fsp3) is 0.875. The van der Waals surface area contributed by atoms with Crippen LogP contribution in [-0.4, -0.2) is 68.5 Å². The smallest absolute Gasteiger partial charge is 0.268 e. The highest BCUT2D eigenvalue weighted by molar-refractivity contribution is 7.45. The molecule has 0 saturated heterocycles. The number of allylic oxidation sites excluding steroid dienone is 1. The highest BCUT2D eigenvalue weighted by atomic mass is 31.2. The van der Waals surface area contributed by atoms with E-state index in [1.165, 1.54) is 19.3 Å².